The van der Waals surface area contributed by atoms with Crippen molar-refractivity contribution in [2.45, 2.75) is 41.0 Å². The molecule has 1 aromatic carbocycles. The predicted octanol–water partition coefficient (Wildman–Crippen LogP) is 2.82. The smallest absolute Gasteiger partial charge is 0.223 e. The highest BCUT2D eigenvalue weighted by molar-refractivity contribution is 5.92. The lowest BCUT2D eigenvalue weighted by atomic mass is 10.1. The van der Waals surface area contributed by atoms with Crippen LogP contribution in [-0.2, 0) is 9.59 Å². The monoisotopic (exact) mass is 290 g/mol. The third kappa shape index (κ3) is 5.21. The van der Waals surface area contributed by atoms with Crippen LogP contribution in [0.2, 0.25) is 0 Å². The lowest BCUT2D eigenvalue weighted by Crippen LogP contribution is -2.38. The van der Waals surface area contributed by atoms with Crippen LogP contribution in [0.15, 0.2) is 18.2 Å². The van der Waals surface area contributed by atoms with Crippen LogP contribution in [0.3, 0.4) is 0 Å². The number of hydrogen-bond donors (Lipinski definition) is 1. The Morgan fingerprint density at radius 3 is 2.48 bits per heavy atom. The normalized spacial score (nSPS) is 10.6. The summed E-state index contributed by atoms with van der Waals surface area (Å²) in [7, 11) is 0. The molecule has 0 aliphatic heterocycles. The number of rotatable bonds is 6. The number of carbonyl (C=O) groups excluding carboxylic acids is 2. The van der Waals surface area contributed by atoms with E-state index in [-0.39, 0.29) is 11.8 Å². The summed E-state index contributed by atoms with van der Waals surface area (Å²) in [6.07, 6.45) is 0.517. The van der Waals surface area contributed by atoms with Crippen molar-refractivity contribution in [2.75, 3.05) is 18.0 Å². The second-order valence-corrected chi connectivity index (χ2v) is 5.84. The molecule has 1 rings (SSSR count). The molecule has 1 aromatic rings. The van der Waals surface area contributed by atoms with Crippen molar-refractivity contribution < 1.29 is 9.59 Å². The van der Waals surface area contributed by atoms with E-state index in [4.69, 9.17) is 0 Å². The molecule has 0 atom stereocenters. The van der Waals surface area contributed by atoms with Crippen LogP contribution in [0.1, 0.15) is 38.3 Å². The Hall–Kier alpha value is -1.84. The molecule has 0 heterocycles. The van der Waals surface area contributed by atoms with Crippen LogP contribution < -0.4 is 10.2 Å². The molecule has 0 unspecified atom stereocenters. The van der Waals surface area contributed by atoms with E-state index in [1.54, 1.807) is 11.8 Å². The Kier molecular flexibility index (Phi) is 6.40. The highest BCUT2D eigenvalue weighted by atomic mass is 16.2. The highest BCUT2D eigenvalue weighted by Gasteiger charge is 2.14. The van der Waals surface area contributed by atoms with E-state index in [0.29, 0.717) is 25.4 Å². The summed E-state index contributed by atoms with van der Waals surface area (Å²) in [5.74, 6) is 0.365. The molecular formula is C17H26N2O2. The summed E-state index contributed by atoms with van der Waals surface area (Å²) < 4.78 is 0. The van der Waals surface area contributed by atoms with Gasteiger partial charge < -0.3 is 10.2 Å². The number of hydrogen-bond acceptors (Lipinski definition) is 2. The first-order valence-electron chi connectivity index (χ1n) is 7.44. The van der Waals surface area contributed by atoms with Gasteiger partial charge in [-0.2, -0.15) is 0 Å². The third-order valence-electron chi connectivity index (χ3n) is 3.50. The fraction of sp³-hybridized carbons (Fsp3) is 0.529. The first-order valence-corrected chi connectivity index (χ1v) is 7.44. The summed E-state index contributed by atoms with van der Waals surface area (Å²) in [4.78, 5) is 25.2. The Morgan fingerprint density at radius 2 is 1.90 bits per heavy atom. The average Bonchev–Trinajstić information content (AvgIpc) is 2.37. The van der Waals surface area contributed by atoms with Gasteiger partial charge in [0.15, 0.2) is 0 Å². The van der Waals surface area contributed by atoms with Crippen molar-refractivity contribution >= 4 is 17.5 Å². The van der Waals surface area contributed by atoms with Crippen molar-refractivity contribution in [1.82, 2.24) is 5.32 Å². The van der Waals surface area contributed by atoms with Gasteiger partial charge in [0, 0.05) is 32.1 Å². The summed E-state index contributed by atoms with van der Waals surface area (Å²) in [5.41, 5.74) is 3.17. The molecule has 0 saturated carbocycles. The van der Waals surface area contributed by atoms with Crippen LogP contribution in [-0.4, -0.2) is 24.9 Å². The number of carbonyl (C=O) groups is 2. The highest BCUT2D eigenvalue weighted by Crippen LogP contribution is 2.22. The standard InChI is InChI=1S/C17H26N2O2/c1-12(2)11-17(21)18-9-10-19(15(5)20)16-8-6-7-13(3)14(16)4/h6-8,12H,9-11H2,1-5H3,(H,18,21). The zero-order valence-corrected chi connectivity index (χ0v) is 13.7. The molecule has 0 bridgehead atoms. The molecular weight excluding hydrogens is 264 g/mol. The van der Waals surface area contributed by atoms with Gasteiger partial charge in [-0.05, 0) is 37.0 Å². The van der Waals surface area contributed by atoms with Crippen molar-refractivity contribution in [3.63, 3.8) is 0 Å². The molecule has 4 nitrogen and oxygen atoms in total. The number of benzene rings is 1. The Labute approximate surface area is 127 Å². The molecule has 0 aliphatic carbocycles. The second kappa shape index (κ2) is 7.81. The van der Waals surface area contributed by atoms with Gasteiger partial charge in [-0.25, -0.2) is 0 Å². The number of amides is 2. The largest absolute Gasteiger partial charge is 0.354 e. The summed E-state index contributed by atoms with van der Waals surface area (Å²) in [6, 6.07) is 5.92. The fourth-order valence-corrected chi connectivity index (χ4v) is 2.23. The van der Waals surface area contributed by atoms with Crippen LogP contribution in [0.25, 0.3) is 0 Å². The number of aryl methyl sites for hydroxylation is 1. The SMILES string of the molecule is CC(=O)N(CCNC(=O)CC(C)C)c1cccc(C)c1C. The van der Waals surface area contributed by atoms with Crippen LogP contribution in [0.5, 0.6) is 0 Å². The third-order valence-corrected chi connectivity index (χ3v) is 3.50. The minimum atomic E-state index is -0.0122. The van der Waals surface area contributed by atoms with Crippen molar-refractivity contribution in [3.05, 3.63) is 29.3 Å². The van der Waals surface area contributed by atoms with Gasteiger partial charge in [0.2, 0.25) is 11.8 Å². The van der Waals surface area contributed by atoms with E-state index >= 15 is 0 Å². The van der Waals surface area contributed by atoms with E-state index < -0.39 is 0 Å². The number of anilines is 1. The second-order valence-electron chi connectivity index (χ2n) is 5.84. The average molecular weight is 290 g/mol. The first kappa shape index (κ1) is 17.2. The van der Waals surface area contributed by atoms with Gasteiger partial charge in [0.25, 0.3) is 0 Å². The lowest BCUT2D eigenvalue weighted by molar-refractivity contribution is -0.122. The van der Waals surface area contributed by atoms with E-state index in [1.165, 1.54) is 0 Å². The van der Waals surface area contributed by atoms with E-state index in [0.717, 1.165) is 16.8 Å². The maximum absolute atomic E-state index is 11.9. The summed E-state index contributed by atoms with van der Waals surface area (Å²) in [5, 5.41) is 2.87. The molecule has 0 fully saturated rings. The minimum Gasteiger partial charge on any atom is -0.354 e. The van der Waals surface area contributed by atoms with Crippen LogP contribution >= 0.6 is 0 Å². The molecule has 0 aromatic heterocycles. The molecule has 4 heteroatoms. The van der Waals surface area contributed by atoms with Gasteiger partial charge in [-0.1, -0.05) is 26.0 Å². The maximum Gasteiger partial charge on any atom is 0.223 e. The Balaban J connectivity index is 2.69. The quantitative estimate of drug-likeness (QED) is 0.876. The molecule has 1 N–H and O–H groups in total. The van der Waals surface area contributed by atoms with Crippen LogP contribution in [0, 0.1) is 19.8 Å². The maximum atomic E-state index is 11.9. The zero-order valence-electron chi connectivity index (χ0n) is 13.7. The summed E-state index contributed by atoms with van der Waals surface area (Å²) >= 11 is 0. The Bertz CT molecular complexity index is 510. The number of nitrogens with zero attached hydrogens (tertiary/aromatic N) is 1. The van der Waals surface area contributed by atoms with Crippen molar-refractivity contribution in [2.24, 2.45) is 5.92 Å². The molecule has 0 saturated heterocycles. The van der Waals surface area contributed by atoms with Crippen molar-refractivity contribution in [3.8, 4) is 0 Å². The minimum absolute atomic E-state index is 0.0122. The first-order chi connectivity index (χ1) is 9.82. The van der Waals surface area contributed by atoms with Crippen LogP contribution in [0.4, 0.5) is 5.69 Å². The van der Waals surface area contributed by atoms with Gasteiger partial charge in [-0.3, -0.25) is 9.59 Å². The lowest BCUT2D eigenvalue weighted by Gasteiger charge is -2.24. The van der Waals surface area contributed by atoms with E-state index in [2.05, 4.69) is 5.32 Å². The van der Waals surface area contributed by atoms with E-state index in [9.17, 15) is 9.59 Å². The fourth-order valence-electron chi connectivity index (χ4n) is 2.23. The molecule has 2 amide bonds. The molecule has 0 spiro atoms. The molecule has 0 radical (unpaired) electrons. The topological polar surface area (TPSA) is 49.4 Å². The van der Waals surface area contributed by atoms with Crippen molar-refractivity contribution in [1.29, 1.82) is 0 Å². The van der Waals surface area contributed by atoms with Gasteiger partial charge >= 0.3 is 0 Å². The molecule has 0 aliphatic rings. The zero-order chi connectivity index (χ0) is 16.0. The molecule has 21 heavy (non-hydrogen) atoms. The van der Waals surface area contributed by atoms with Gasteiger partial charge in [-0.15, -0.1) is 0 Å². The predicted molar refractivity (Wildman–Crippen MR) is 86.4 cm³/mol. The number of nitrogens with one attached hydrogen (secondary N) is 1. The Morgan fingerprint density at radius 1 is 1.24 bits per heavy atom. The van der Waals surface area contributed by atoms with Gasteiger partial charge in [0.1, 0.15) is 0 Å². The van der Waals surface area contributed by atoms with Gasteiger partial charge in [0.05, 0.1) is 0 Å². The summed E-state index contributed by atoms with van der Waals surface area (Å²) in [6.45, 7) is 10.6. The van der Waals surface area contributed by atoms with E-state index in [1.807, 2.05) is 45.9 Å². The molecule has 116 valence electrons.